The Kier molecular flexibility index (Phi) is 3.15. The summed E-state index contributed by atoms with van der Waals surface area (Å²) in [5, 5.41) is 4.18. The number of rotatable bonds is 3. The first-order valence-corrected chi connectivity index (χ1v) is 6.78. The van der Waals surface area contributed by atoms with Gasteiger partial charge < -0.3 is 10.5 Å². The monoisotopic (exact) mass is 257 g/mol. The van der Waals surface area contributed by atoms with Crippen LogP contribution >= 0.6 is 0 Å². The Morgan fingerprint density at radius 1 is 1.32 bits per heavy atom. The van der Waals surface area contributed by atoms with E-state index in [2.05, 4.69) is 5.10 Å². The Hall–Kier alpha value is -1.97. The maximum atomic E-state index is 6.02. The first kappa shape index (κ1) is 12.1. The summed E-state index contributed by atoms with van der Waals surface area (Å²) in [7, 11) is 1.84. The van der Waals surface area contributed by atoms with Crippen LogP contribution in [-0.4, -0.2) is 15.9 Å². The van der Waals surface area contributed by atoms with Crippen LogP contribution in [0.1, 0.15) is 25.7 Å². The van der Waals surface area contributed by atoms with Crippen LogP contribution in [0.15, 0.2) is 30.5 Å². The van der Waals surface area contributed by atoms with Crippen LogP contribution in [0.3, 0.4) is 0 Å². The summed E-state index contributed by atoms with van der Waals surface area (Å²) in [5.74, 6) is 1.60. The summed E-state index contributed by atoms with van der Waals surface area (Å²) in [6.07, 6.45) is 7.06. The normalized spacial score (nSPS) is 15.8. The third-order valence-corrected chi connectivity index (χ3v) is 3.73. The quantitative estimate of drug-likeness (QED) is 0.919. The van der Waals surface area contributed by atoms with Gasteiger partial charge in [-0.1, -0.05) is 12.1 Å². The van der Waals surface area contributed by atoms with E-state index in [4.69, 9.17) is 10.5 Å². The van der Waals surface area contributed by atoms with Crippen molar-refractivity contribution in [2.24, 2.45) is 7.05 Å². The molecule has 0 atom stereocenters. The molecule has 4 heteroatoms. The van der Waals surface area contributed by atoms with E-state index in [1.54, 1.807) is 10.9 Å². The highest BCUT2D eigenvalue weighted by molar-refractivity contribution is 5.74. The Bertz CT molecular complexity index is 571. The summed E-state index contributed by atoms with van der Waals surface area (Å²) in [6.45, 7) is 0. The number of aryl methyl sites for hydroxylation is 1. The van der Waals surface area contributed by atoms with Gasteiger partial charge in [-0.25, -0.2) is 0 Å². The number of benzene rings is 1. The standard InChI is InChI=1S/C15H19N3O/c1-18-15(16)14(10-17-18)11-5-4-8-13(9-11)19-12-6-2-3-7-12/h4-5,8-10,12H,2-3,6-7,16H2,1H3. The molecule has 0 radical (unpaired) electrons. The number of hydrogen-bond acceptors (Lipinski definition) is 3. The van der Waals surface area contributed by atoms with Crippen molar-refractivity contribution in [3.63, 3.8) is 0 Å². The summed E-state index contributed by atoms with van der Waals surface area (Å²) in [5.41, 5.74) is 8.02. The van der Waals surface area contributed by atoms with E-state index >= 15 is 0 Å². The highest BCUT2D eigenvalue weighted by atomic mass is 16.5. The zero-order valence-electron chi connectivity index (χ0n) is 11.2. The van der Waals surface area contributed by atoms with Crippen molar-refractivity contribution < 1.29 is 4.74 Å². The van der Waals surface area contributed by atoms with E-state index in [1.165, 1.54) is 25.7 Å². The minimum atomic E-state index is 0.376. The van der Waals surface area contributed by atoms with Crippen LogP contribution in [-0.2, 0) is 7.05 Å². The molecule has 0 aliphatic heterocycles. The van der Waals surface area contributed by atoms with Gasteiger partial charge in [-0.3, -0.25) is 4.68 Å². The van der Waals surface area contributed by atoms with Crippen molar-refractivity contribution in [1.82, 2.24) is 9.78 Å². The van der Waals surface area contributed by atoms with Crippen molar-refractivity contribution in [3.8, 4) is 16.9 Å². The molecule has 3 rings (SSSR count). The molecule has 2 N–H and O–H groups in total. The van der Waals surface area contributed by atoms with E-state index in [9.17, 15) is 0 Å². The lowest BCUT2D eigenvalue weighted by Crippen LogP contribution is -2.10. The summed E-state index contributed by atoms with van der Waals surface area (Å²) in [6, 6.07) is 8.10. The molecule has 100 valence electrons. The molecular formula is C15H19N3O. The zero-order chi connectivity index (χ0) is 13.2. The molecule has 0 bridgehead atoms. The van der Waals surface area contributed by atoms with Gasteiger partial charge >= 0.3 is 0 Å². The number of anilines is 1. The van der Waals surface area contributed by atoms with E-state index in [-0.39, 0.29) is 0 Å². The highest BCUT2D eigenvalue weighted by Crippen LogP contribution is 2.30. The molecule has 19 heavy (non-hydrogen) atoms. The molecule has 1 fully saturated rings. The SMILES string of the molecule is Cn1ncc(-c2cccc(OC3CCCC3)c2)c1N. The second-order valence-corrected chi connectivity index (χ2v) is 5.12. The molecule has 1 aromatic carbocycles. The van der Waals surface area contributed by atoms with E-state index < -0.39 is 0 Å². The molecule has 0 saturated heterocycles. The average Bonchev–Trinajstić information content (AvgIpc) is 3.02. The fourth-order valence-electron chi connectivity index (χ4n) is 2.61. The maximum absolute atomic E-state index is 6.02. The third kappa shape index (κ3) is 2.43. The molecule has 0 spiro atoms. The lowest BCUT2D eigenvalue weighted by atomic mass is 10.1. The van der Waals surface area contributed by atoms with Crippen LogP contribution < -0.4 is 10.5 Å². The lowest BCUT2D eigenvalue weighted by Gasteiger charge is -2.13. The van der Waals surface area contributed by atoms with Crippen molar-refractivity contribution >= 4 is 5.82 Å². The van der Waals surface area contributed by atoms with Crippen LogP contribution in [0.4, 0.5) is 5.82 Å². The van der Waals surface area contributed by atoms with E-state index in [1.807, 2.05) is 31.3 Å². The van der Waals surface area contributed by atoms with Crippen molar-refractivity contribution in [3.05, 3.63) is 30.5 Å². The van der Waals surface area contributed by atoms with E-state index in [0.29, 0.717) is 11.9 Å². The second kappa shape index (κ2) is 4.96. The van der Waals surface area contributed by atoms with Crippen molar-refractivity contribution in [2.75, 3.05) is 5.73 Å². The fraction of sp³-hybridized carbons (Fsp3) is 0.400. The first-order chi connectivity index (χ1) is 9.24. The van der Waals surface area contributed by atoms with Gasteiger partial charge in [0.05, 0.1) is 12.3 Å². The fourth-order valence-corrected chi connectivity index (χ4v) is 2.61. The van der Waals surface area contributed by atoms with Gasteiger partial charge in [0.25, 0.3) is 0 Å². The molecule has 2 aromatic rings. The molecule has 1 aliphatic rings. The van der Waals surface area contributed by atoms with E-state index in [0.717, 1.165) is 16.9 Å². The number of aromatic nitrogens is 2. The predicted molar refractivity (Wildman–Crippen MR) is 75.9 cm³/mol. The lowest BCUT2D eigenvalue weighted by molar-refractivity contribution is 0.210. The van der Waals surface area contributed by atoms with Gasteiger partial charge in [0.2, 0.25) is 0 Å². The Labute approximate surface area is 113 Å². The number of ether oxygens (including phenoxy) is 1. The van der Waals surface area contributed by atoms with Crippen LogP contribution in [0, 0.1) is 0 Å². The van der Waals surface area contributed by atoms with Crippen molar-refractivity contribution in [1.29, 1.82) is 0 Å². The molecule has 1 saturated carbocycles. The van der Waals surface area contributed by atoms with Gasteiger partial charge in [-0.15, -0.1) is 0 Å². The number of hydrogen-bond donors (Lipinski definition) is 1. The molecular weight excluding hydrogens is 238 g/mol. The van der Waals surface area contributed by atoms with Gasteiger partial charge in [-0.2, -0.15) is 5.10 Å². The second-order valence-electron chi connectivity index (χ2n) is 5.12. The largest absolute Gasteiger partial charge is 0.490 e. The number of nitrogens with two attached hydrogens (primary N) is 1. The van der Waals surface area contributed by atoms with Crippen LogP contribution in [0.5, 0.6) is 5.75 Å². The smallest absolute Gasteiger partial charge is 0.129 e. The topological polar surface area (TPSA) is 53.1 Å². The Morgan fingerprint density at radius 3 is 2.79 bits per heavy atom. The van der Waals surface area contributed by atoms with Crippen LogP contribution in [0.2, 0.25) is 0 Å². The molecule has 4 nitrogen and oxygen atoms in total. The molecule has 1 aliphatic carbocycles. The Morgan fingerprint density at radius 2 is 2.11 bits per heavy atom. The Balaban J connectivity index is 1.85. The molecule has 0 unspecified atom stereocenters. The van der Waals surface area contributed by atoms with Crippen molar-refractivity contribution in [2.45, 2.75) is 31.8 Å². The number of nitrogen functional groups attached to an aromatic ring is 1. The van der Waals surface area contributed by atoms with Gasteiger partial charge in [-0.05, 0) is 43.4 Å². The molecule has 0 amide bonds. The van der Waals surface area contributed by atoms with Gasteiger partial charge in [0.15, 0.2) is 0 Å². The minimum absolute atomic E-state index is 0.376. The zero-order valence-corrected chi connectivity index (χ0v) is 11.2. The third-order valence-electron chi connectivity index (χ3n) is 3.73. The summed E-state index contributed by atoms with van der Waals surface area (Å²) in [4.78, 5) is 0. The van der Waals surface area contributed by atoms with Crippen LogP contribution in [0.25, 0.3) is 11.1 Å². The first-order valence-electron chi connectivity index (χ1n) is 6.78. The minimum Gasteiger partial charge on any atom is -0.490 e. The van der Waals surface area contributed by atoms with Gasteiger partial charge in [0, 0.05) is 12.6 Å². The molecule has 1 heterocycles. The molecule has 1 aromatic heterocycles. The number of nitrogens with zero attached hydrogens (tertiary/aromatic N) is 2. The summed E-state index contributed by atoms with van der Waals surface area (Å²) < 4.78 is 7.70. The maximum Gasteiger partial charge on any atom is 0.129 e. The van der Waals surface area contributed by atoms with Gasteiger partial charge in [0.1, 0.15) is 11.6 Å². The highest BCUT2D eigenvalue weighted by Gasteiger charge is 2.17. The summed E-state index contributed by atoms with van der Waals surface area (Å²) >= 11 is 0. The predicted octanol–water partition coefficient (Wildman–Crippen LogP) is 2.99. The average molecular weight is 257 g/mol.